The first-order valence-corrected chi connectivity index (χ1v) is 8.11. The lowest BCUT2D eigenvalue weighted by molar-refractivity contribution is 0.261. The van der Waals surface area contributed by atoms with Crippen LogP contribution in [0.15, 0.2) is 18.3 Å². The lowest BCUT2D eigenvalue weighted by atomic mass is 9.79. The highest BCUT2D eigenvalue weighted by Gasteiger charge is 2.24. The smallest absolute Gasteiger partial charge is 0.128 e. The van der Waals surface area contributed by atoms with Crippen molar-refractivity contribution in [2.24, 2.45) is 11.8 Å². The Morgan fingerprint density at radius 3 is 2.45 bits per heavy atom. The van der Waals surface area contributed by atoms with E-state index < -0.39 is 0 Å². The molecule has 1 fully saturated rings. The summed E-state index contributed by atoms with van der Waals surface area (Å²) in [6.07, 6.45) is 5.88. The van der Waals surface area contributed by atoms with Gasteiger partial charge in [-0.3, -0.25) is 0 Å². The molecule has 3 atom stereocenters. The zero-order valence-electron chi connectivity index (χ0n) is 13.4. The van der Waals surface area contributed by atoms with E-state index >= 15 is 0 Å². The quantitative estimate of drug-likeness (QED) is 0.874. The van der Waals surface area contributed by atoms with Crippen LogP contribution >= 0.6 is 0 Å². The van der Waals surface area contributed by atoms with Crippen LogP contribution in [-0.4, -0.2) is 24.1 Å². The summed E-state index contributed by atoms with van der Waals surface area (Å²) in [6, 6.07) is 4.91. The number of aromatic nitrogens is 1. The van der Waals surface area contributed by atoms with Crippen LogP contribution in [0, 0.1) is 11.8 Å². The van der Waals surface area contributed by atoms with E-state index in [2.05, 4.69) is 55.0 Å². The Bertz CT molecular complexity index is 397. The molecule has 0 amide bonds. The van der Waals surface area contributed by atoms with Crippen molar-refractivity contribution in [3.63, 3.8) is 0 Å². The van der Waals surface area contributed by atoms with Crippen molar-refractivity contribution in [3.05, 3.63) is 18.3 Å². The minimum absolute atomic E-state index is 0.613. The van der Waals surface area contributed by atoms with Crippen molar-refractivity contribution in [1.29, 1.82) is 0 Å². The molecule has 3 nitrogen and oxygen atoms in total. The number of nitrogens with zero attached hydrogens (tertiary/aromatic N) is 2. The molecular weight excluding hydrogens is 246 g/mol. The first kappa shape index (κ1) is 15.1. The van der Waals surface area contributed by atoms with E-state index in [4.69, 9.17) is 0 Å². The number of hydrogen-bond acceptors (Lipinski definition) is 3. The maximum absolute atomic E-state index is 4.58. The van der Waals surface area contributed by atoms with Gasteiger partial charge in [-0.1, -0.05) is 13.8 Å². The SMILES string of the molecule is CCN(CC)c1ccc(NC2CCC(C)C(C)C2)cn1. The maximum atomic E-state index is 4.58. The van der Waals surface area contributed by atoms with Gasteiger partial charge in [0.25, 0.3) is 0 Å². The van der Waals surface area contributed by atoms with E-state index in [1.165, 1.54) is 19.3 Å². The first-order valence-electron chi connectivity index (χ1n) is 8.11. The normalized spacial score (nSPS) is 26.3. The van der Waals surface area contributed by atoms with Crippen LogP contribution in [-0.2, 0) is 0 Å². The molecule has 1 aliphatic rings. The van der Waals surface area contributed by atoms with Gasteiger partial charge in [0.05, 0.1) is 11.9 Å². The topological polar surface area (TPSA) is 28.2 Å². The Morgan fingerprint density at radius 1 is 1.15 bits per heavy atom. The van der Waals surface area contributed by atoms with Crippen molar-refractivity contribution in [2.45, 2.75) is 53.0 Å². The minimum atomic E-state index is 0.613. The predicted molar refractivity (Wildman–Crippen MR) is 87.4 cm³/mol. The highest BCUT2D eigenvalue weighted by atomic mass is 15.2. The van der Waals surface area contributed by atoms with E-state index in [1.807, 2.05) is 6.20 Å². The van der Waals surface area contributed by atoms with Crippen molar-refractivity contribution in [3.8, 4) is 0 Å². The fourth-order valence-electron chi connectivity index (χ4n) is 3.12. The van der Waals surface area contributed by atoms with Crippen molar-refractivity contribution in [2.75, 3.05) is 23.3 Å². The van der Waals surface area contributed by atoms with Crippen molar-refractivity contribution < 1.29 is 0 Å². The van der Waals surface area contributed by atoms with Crippen LogP contribution in [0.4, 0.5) is 11.5 Å². The molecule has 0 saturated heterocycles. The maximum Gasteiger partial charge on any atom is 0.128 e. The van der Waals surface area contributed by atoms with Gasteiger partial charge < -0.3 is 10.2 Å². The van der Waals surface area contributed by atoms with Gasteiger partial charge in [0.1, 0.15) is 5.82 Å². The Morgan fingerprint density at radius 2 is 1.90 bits per heavy atom. The summed E-state index contributed by atoms with van der Waals surface area (Å²) in [7, 11) is 0. The number of anilines is 2. The van der Waals surface area contributed by atoms with Gasteiger partial charge in [-0.25, -0.2) is 4.98 Å². The molecule has 0 bridgehead atoms. The Kier molecular flexibility index (Phi) is 5.27. The summed E-state index contributed by atoms with van der Waals surface area (Å²) in [6.45, 7) is 11.1. The molecule has 1 N–H and O–H groups in total. The van der Waals surface area contributed by atoms with Gasteiger partial charge in [0.15, 0.2) is 0 Å². The predicted octanol–water partition coefficient (Wildman–Crippen LogP) is 4.16. The zero-order chi connectivity index (χ0) is 14.5. The van der Waals surface area contributed by atoms with Crippen molar-refractivity contribution in [1.82, 2.24) is 4.98 Å². The van der Waals surface area contributed by atoms with Crippen molar-refractivity contribution >= 4 is 11.5 Å². The van der Waals surface area contributed by atoms with Crippen LogP contribution in [0.25, 0.3) is 0 Å². The lowest BCUT2D eigenvalue weighted by Gasteiger charge is -2.33. The molecule has 1 heterocycles. The number of hydrogen-bond donors (Lipinski definition) is 1. The Labute approximate surface area is 123 Å². The van der Waals surface area contributed by atoms with Gasteiger partial charge in [0, 0.05) is 19.1 Å². The van der Waals surface area contributed by atoms with Gasteiger partial charge in [-0.2, -0.15) is 0 Å². The molecule has 2 rings (SSSR count). The molecule has 1 saturated carbocycles. The van der Waals surface area contributed by atoms with Crippen LogP contribution in [0.1, 0.15) is 47.0 Å². The third kappa shape index (κ3) is 3.65. The number of pyridine rings is 1. The van der Waals surface area contributed by atoms with E-state index in [1.54, 1.807) is 0 Å². The van der Waals surface area contributed by atoms with E-state index in [9.17, 15) is 0 Å². The average Bonchev–Trinajstić information content (AvgIpc) is 2.46. The lowest BCUT2D eigenvalue weighted by Crippen LogP contribution is -2.30. The molecule has 0 spiro atoms. The summed E-state index contributed by atoms with van der Waals surface area (Å²) in [5.74, 6) is 2.77. The molecule has 112 valence electrons. The zero-order valence-corrected chi connectivity index (χ0v) is 13.4. The van der Waals surface area contributed by atoms with E-state index in [0.717, 1.165) is 36.4 Å². The minimum Gasteiger partial charge on any atom is -0.381 e. The van der Waals surface area contributed by atoms with Crippen LogP contribution in [0.5, 0.6) is 0 Å². The molecule has 0 radical (unpaired) electrons. The fourth-order valence-corrected chi connectivity index (χ4v) is 3.12. The van der Waals surface area contributed by atoms with Crippen LogP contribution < -0.4 is 10.2 Å². The second-order valence-corrected chi connectivity index (χ2v) is 6.19. The second kappa shape index (κ2) is 6.96. The monoisotopic (exact) mass is 275 g/mol. The highest BCUT2D eigenvalue weighted by Crippen LogP contribution is 2.31. The van der Waals surface area contributed by atoms with E-state index in [0.29, 0.717) is 6.04 Å². The fraction of sp³-hybridized carbons (Fsp3) is 0.706. The largest absolute Gasteiger partial charge is 0.381 e. The molecule has 0 aliphatic heterocycles. The summed E-state index contributed by atoms with van der Waals surface area (Å²) < 4.78 is 0. The average molecular weight is 275 g/mol. The summed E-state index contributed by atoms with van der Waals surface area (Å²) in [5.41, 5.74) is 1.16. The molecule has 3 unspecified atom stereocenters. The highest BCUT2D eigenvalue weighted by molar-refractivity contribution is 5.49. The van der Waals surface area contributed by atoms with Crippen LogP contribution in [0.3, 0.4) is 0 Å². The molecule has 1 aromatic heterocycles. The molecule has 3 heteroatoms. The Balaban J connectivity index is 1.94. The molecular formula is C17H29N3. The van der Waals surface area contributed by atoms with Gasteiger partial charge in [-0.05, 0) is 57.1 Å². The number of nitrogens with one attached hydrogen (secondary N) is 1. The molecule has 0 aromatic carbocycles. The summed E-state index contributed by atoms with van der Waals surface area (Å²) >= 11 is 0. The third-order valence-electron chi connectivity index (χ3n) is 4.80. The van der Waals surface area contributed by atoms with Gasteiger partial charge in [0.2, 0.25) is 0 Å². The summed E-state index contributed by atoms with van der Waals surface area (Å²) in [4.78, 5) is 6.86. The third-order valence-corrected chi connectivity index (χ3v) is 4.80. The number of rotatable bonds is 5. The second-order valence-electron chi connectivity index (χ2n) is 6.19. The van der Waals surface area contributed by atoms with E-state index in [-0.39, 0.29) is 0 Å². The Hall–Kier alpha value is -1.25. The first-order chi connectivity index (χ1) is 9.63. The molecule has 1 aliphatic carbocycles. The molecule has 1 aromatic rings. The van der Waals surface area contributed by atoms with Gasteiger partial charge >= 0.3 is 0 Å². The molecule has 20 heavy (non-hydrogen) atoms. The van der Waals surface area contributed by atoms with Gasteiger partial charge in [-0.15, -0.1) is 0 Å². The van der Waals surface area contributed by atoms with Crippen LogP contribution in [0.2, 0.25) is 0 Å². The standard InChI is InChI=1S/C17H29N3/c1-5-20(6-2)17-10-9-16(12-18-17)19-15-8-7-13(3)14(4)11-15/h9-10,12-15,19H,5-8,11H2,1-4H3. The summed E-state index contributed by atoms with van der Waals surface area (Å²) in [5, 5.41) is 3.65.